The number of nitrogens with one attached hydrogen (secondary N) is 1. The van der Waals surface area contributed by atoms with Crippen molar-refractivity contribution in [3.63, 3.8) is 0 Å². The van der Waals surface area contributed by atoms with Crippen molar-refractivity contribution in [3.05, 3.63) is 29.3 Å². The minimum absolute atomic E-state index is 0.295. The molecule has 0 unspecified atom stereocenters. The Morgan fingerprint density at radius 1 is 1.21 bits per heavy atom. The highest BCUT2D eigenvalue weighted by Crippen LogP contribution is 2.15. The van der Waals surface area contributed by atoms with Crippen LogP contribution in [0.2, 0.25) is 5.02 Å². The van der Waals surface area contributed by atoms with Crippen LogP contribution in [0.1, 0.15) is 32.6 Å². The van der Waals surface area contributed by atoms with E-state index in [1.165, 1.54) is 25.7 Å². The van der Waals surface area contributed by atoms with Crippen LogP contribution in [0, 0.1) is 0 Å². The number of benzene rings is 1. The number of rotatable bonds is 10. The third-order valence-corrected chi connectivity index (χ3v) is 3.10. The van der Waals surface area contributed by atoms with E-state index in [0.29, 0.717) is 18.2 Å². The van der Waals surface area contributed by atoms with E-state index < -0.39 is 6.10 Å². The highest BCUT2D eigenvalue weighted by molar-refractivity contribution is 6.30. The van der Waals surface area contributed by atoms with Crippen LogP contribution in [0.3, 0.4) is 0 Å². The standard InChI is InChI=1S/C15H24ClNO2/c1-2-3-4-5-10-17-11-14(18)12-19-15-8-6-13(16)7-9-15/h6-9,14,17-18H,2-5,10-12H2,1H3/t14-/m0/s1. The molecule has 0 amide bonds. The smallest absolute Gasteiger partial charge is 0.119 e. The molecule has 3 nitrogen and oxygen atoms in total. The second kappa shape index (κ2) is 10.1. The number of ether oxygens (including phenoxy) is 1. The average molecular weight is 286 g/mol. The van der Waals surface area contributed by atoms with E-state index in [4.69, 9.17) is 16.3 Å². The maximum atomic E-state index is 9.75. The summed E-state index contributed by atoms with van der Waals surface area (Å²) in [4.78, 5) is 0. The van der Waals surface area contributed by atoms with Gasteiger partial charge in [-0.2, -0.15) is 0 Å². The molecule has 1 rings (SSSR count). The Morgan fingerprint density at radius 3 is 2.63 bits per heavy atom. The molecule has 0 saturated heterocycles. The topological polar surface area (TPSA) is 41.5 Å². The minimum atomic E-state index is -0.484. The fourth-order valence-electron chi connectivity index (χ4n) is 1.73. The molecule has 1 atom stereocenters. The Bertz CT molecular complexity index is 329. The quantitative estimate of drug-likeness (QED) is 0.649. The first kappa shape index (κ1) is 16.3. The van der Waals surface area contributed by atoms with Crippen LogP contribution >= 0.6 is 11.6 Å². The lowest BCUT2D eigenvalue weighted by molar-refractivity contribution is 0.106. The van der Waals surface area contributed by atoms with Crippen molar-refractivity contribution in [3.8, 4) is 5.75 Å². The van der Waals surface area contributed by atoms with Crippen LogP contribution in [0.4, 0.5) is 0 Å². The zero-order valence-corrected chi connectivity index (χ0v) is 12.3. The summed E-state index contributed by atoms with van der Waals surface area (Å²) in [6.07, 6.45) is 4.46. The fraction of sp³-hybridized carbons (Fsp3) is 0.600. The SMILES string of the molecule is CCCCCCNC[C@H](O)COc1ccc(Cl)cc1. The van der Waals surface area contributed by atoms with Gasteiger partial charge in [0.05, 0.1) is 0 Å². The highest BCUT2D eigenvalue weighted by atomic mass is 35.5. The predicted octanol–water partition coefficient (Wildman–Crippen LogP) is 3.25. The van der Waals surface area contributed by atoms with E-state index in [9.17, 15) is 5.11 Å². The third kappa shape index (κ3) is 8.09. The summed E-state index contributed by atoms with van der Waals surface area (Å²) in [7, 11) is 0. The molecular formula is C15H24ClNO2. The van der Waals surface area contributed by atoms with Crippen LogP contribution in [-0.2, 0) is 0 Å². The van der Waals surface area contributed by atoms with Gasteiger partial charge in [-0.1, -0.05) is 37.8 Å². The molecule has 1 aromatic carbocycles. The molecular weight excluding hydrogens is 262 g/mol. The number of aliphatic hydroxyl groups excluding tert-OH is 1. The van der Waals surface area contributed by atoms with Crippen molar-refractivity contribution in [2.24, 2.45) is 0 Å². The van der Waals surface area contributed by atoms with Gasteiger partial charge in [-0.25, -0.2) is 0 Å². The van der Waals surface area contributed by atoms with Gasteiger partial charge in [0.15, 0.2) is 0 Å². The zero-order chi connectivity index (χ0) is 13.9. The van der Waals surface area contributed by atoms with Gasteiger partial charge >= 0.3 is 0 Å². The van der Waals surface area contributed by atoms with Crippen molar-refractivity contribution < 1.29 is 9.84 Å². The van der Waals surface area contributed by atoms with E-state index >= 15 is 0 Å². The van der Waals surface area contributed by atoms with Crippen LogP contribution in [0.15, 0.2) is 24.3 Å². The summed E-state index contributed by atoms with van der Waals surface area (Å²) in [5, 5.41) is 13.7. The molecule has 0 aliphatic carbocycles. The first-order valence-corrected chi connectivity index (χ1v) is 7.37. The number of halogens is 1. The molecule has 0 aromatic heterocycles. The van der Waals surface area contributed by atoms with Gasteiger partial charge < -0.3 is 15.2 Å². The summed E-state index contributed by atoms with van der Waals surface area (Å²) in [5.41, 5.74) is 0. The van der Waals surface area contributed by atoms with E-state index in [2.05, 4.69) is 12.2 Å². The van der Waals surface area contributed by atoms with Crippen molar-refractivity contribution >= 4 is 11.6 Å². The van der Waals surface area contributed by atoms with E-state index in [-0.39, 0.29) is 0 Å². The van der Waals surface area contributed by atoms with Crippen molar-refractivity contribution in [2.75, 3.05) is 19.7 Å². The summed E-state index contributed by atoms with van der Waals surface area (Å²) >= 11 is 5.78. The Hall–Kier alpha value is -0.770. The molecule has 2 N–H and O–H groups in total. The molecule has 0 spiro atoms. The summed E-state index contributed by atoms with van der Waals surface area (Å²) in [5.74, 6) is 0.728. The molecule has 1 aromatic rings. The minimum Gasteiger partial charge on any atom is -0.491 e. The summed E-state index contributed by atoms with van der Waals surface area (Å²) < 4.78 is 5.47. The van der Waals surface area contributed by atoms with E-state index in [1.54, 1.807) is 24.3 Å². The van der Waals surface area contributed by atoms with Gasteiger partial charge in [0.1, 0.15) is 18.5 Å². The Morgan fingerprint density at radius 2 is 1.95 bits per heavy atom. The molecule has 4 heteroatoms. The number of hydrogen-bond acceptors (Lipinski definition) is 3. The fourth-order valence-corrected chi connectivity index (χ4v) is 1.85. The van der Waals surface area contributed by atoms with Crippen LogP contribution in [0.5, 0.6) is 5.75 Å². The van der Waals surface area contributed by atoms with Crippen molar-refractivity contribution in [2.45, 2.75) is 38.7 Å². The largest absolute Gasteiger partial charge is 0.491 e. The van der Waals surface area contributed by atoms with E-state index in [0.717, 1.165) is 12.3 Å². The van der Waals surface area contributed by atoms with Gasteiger partial charge in [0.2, 0.25) is 0 Å². The Kier molecular flexibility index (Phi) is 8.63. The number of unbranched alkanes of at least 4 members (excludes halogenated alkanes) is 3. The Balaban J connectivity index is 2.04. The first-order chi connectivity index (χ1) is 9.22. The maximum Gasteiger partial charge on any atom is 0.119 e. The molecule has 0 fully saturated rings. The van der Waals surface area contributed by atoms with Gasteiger partial charge in [-0.15, -0.1) is 0 Å². The molecule has 0 heterocycles. The van der Waals surface area contributed by atoms with E-state index in [1.807, 2.05) is 0 Å². The third-order valence-electron chi connectivity index (χ3n) is 2.84. The second-order valence-corrected chi connectivity index (χ2v) is 5.12. The first-order valence-electron chi connectivity index (χ1n) is 6.99. The second-order valence-electron chi connectivity index (χ2n) is 4.68. The zero-order valence-electron chi connectivity index (χ0n) is 11.6. The summed E-state index contributed by atoms with van der Waals surface area (Å²) in [6, 6.07) is 7.14. The van der Waals surface area contributed by atoms with Gasteiger partial charge in [-0.3, -0.25) is 0 Å². The molecule has 19 heavy (non-hydrogen) atoms. The normalized spacial score (nSPS) is 12.4. The summed E-state index contributed by atoms with van der Waals surface area (Å²) in [6.45, 7) is 4.02. The van der Waals surface area contributed by atoms with Crippen LogP contribution < -0.4 is 10.1 Å². The number of hydrogen-bond donors (Lipinski definition) is 2. The lowest BCUT2D eigenvalue weighted by atomic mass is 10.2. The monoisotopic (exact) mass is 285 g/mol. The molecule has 0 radical (unpaired) electrons. The van der Waals surface area contributed by atoms with Gasteiger partial charge in [0.25, 0.3) is 0 Å². The molecule has 0 aliphatic heterocycles. The predicted molar refractivity (Wildman–Crippen MR) is 80.0 cm³/mol. The van der Waals surface area contributed by atoms with Gasteiger partial charge in [0, 0.05) is 11.6 Å². The average Bonchev–Trinajstić information content (AvgIpc) is 2.42. The molecule has 0 saturated carbocycles. The highest BCUT2D eigenvalue weighted by Gasteiger charge is 2.04. The van der Waals surface area contributed by atoms with Crippen LogP contribution in [0.25, 0.3) is 0 Å². The van der Waals surface area contributed by atoms with Crippen molar-refractivity contribution in [1.29, 1.82) is 0 Å². The van der Waals surface area contributed by atoms with Gasteiger partial charge in [-0.05, 0) is 37.2 Å². The van der Waals surface area contributed by atoms with Crippen molar-refractivity contribution in [1.82, 2.24) is 5.32 Å². The Labute approximate surface area is 120 Å². The maximum absolute atomic E-state index is 9.75. The molecule has 0 bridgehead atoms. The number of aliphatic hydroxyl groups is 1. The molecule has 0 aliphatic rings. The lowest BCUT2D eigenvalue weighted by Crippen LogP contribution is -2.32. The van der Waals surface area contributed by atoms with Crippen LogP contribution in [-0.4, -0.2) is 30.9 Å². The molecule has 108 valence electrons. The lowest BCUT2D eigenvalue weighted by Gasteiger charge is -2.13.